The normalized spacial score (nSPS) is 25.9. The Morgan fingerprint density at radius 3 is 2.65 bits per heavy atom. The molecule has 4 atom stereocenters. The van der Waals surface area contributed by atoms with Crippen LogP contribution < -0.4 is 30.2 Å². The molecule has 8 rings (SSSR count). The number of alkyl halides is 1. The van der Waals surface area contributed by atoms with E-state index < -0.39 is 6.17 Å². The van der Waals surface area contributed by atoms with E-state index in [-0.39, 0.29) is 23.6 Å². The Bertz CT molecular complexity index is 1820. The Balaban J connectivity index is 1.35. The van der Waals surface area contributed by atoms with Crippen LogP contribution in [-0.2, 0) is 6.42 Å². The van der Waals surface area contributed by atoms with E-state index in [2.05, 4.69) is 22.0 Å². The molecule has 0 amide bonds. The molecule has 0 radical (unpaired) electrons. The minimum atomic E-state index is -0.848. The van der Waals surface area contributed by atoms with Gasteiger partial charge >= 0.3 is 6.01 Å². The third kappa shape index (κ3) is 4.58. The molecule has 7 heterocycles. The molecule has 3 aromatic heterocycles. The zero-order valence-corrected chi connectivity index (χ0v) is 27.9. The zero-order chi connectivity index (χ0) is 31.7. The molecule has 13 heteroatoms. The molecule has 3 unspecified atom stereocenters. The van der Waals surface area contributed by atoms with Crippen LogP contribution in [0.5, 0.6) is 17.6 Å². The minimum absolute atomic E-state index is 0.235. The van der Waals surface area contributed by atoms with Crippen molar-refractivity contribution in [2.24, 2.45) is 0 Å². The number of benzene rings is 1. The van der Waals surface area contributed by atoms with Crippen molar-refractivity contribution in [2.75, 3.05) is 57.6 Å². The lowest BCUT2D eigenvalue weighted by atomic mass is 9.95. The monoisotopic (exact) mass is 667 g/mol. The van der Waals surface area contributed by atoms with E-state index in [0.717, 1.165) is 78.0 Å². The van der Waals surface area contributed by atoms with Gasteiger partial charge in [0, 0.05) is 58.8 Å². The number of methoxy groups -OCH3 is 2. The van der Waals surface area contributed by atoms with Crippen molar-refractivity contribution >= 4 is 54.9 Å². The van der Waals surface area contributed by atoms with Crippen LogP contribution in [0.15, 0.2) is 12.1 Å². The lowest BCUT2D eigenvalue weighted by Crippen LogP contribution is -2.52. The molecule has 46 heavy (non-hydrogen) atoms. The van der Waals surface area contributed by atoms with E-state index >= 15 is 0 Å². The number of ether oxygens (including phenoxy) is 3. The maximum atomic E-state index is 14.6. The number of aromatic nitrogens is 3. The van der Waals surface area contributed by atoms with Gasteiger partial charge in [-0.1, -0.05) is 18.5 Å². The molecule has 1 aromatic carbocycles. The quantitative estimate of drug-likeness (QED) is 0.246. The molecule has 4 aliphatic heterocycles. The summed E-state index contributed by atoms with van der Waals surface area (Å²) in [5.74, 6) is 1.54. The van der Waals surface area contributed by atoms with Crippen molar-refractivity contribution in [1.82, 2.24) is 25.2 Å². The summed E-state index contributed by atoms with van der Waals surface area (Å²) in [7, 11) is 3.23. The number of nitrogens with one attached hydrogen (secondary N) is 1. The van der Waals surface area contributed by atoms with E-state index in [1.165, 1.54) is 11.3 Å². The van der Waals surface area contributed by atoms with E-state index in [4.69, 9.17) is 46.5 Å². The molecule has 2 bridgehead atoms. The van der Waals surface area contributed by atoms with Crippen LogP contribution in [0.25, 0.3) is 32.2 Å². The van der Waals surface area contributed by atoms with Gasteiger partial charge in [-0.05, 0) is 56.3 Å². The van der Waals surface area contributed by atoms with Crippen molar-refractivity contribution in [3.8, 4) is 28.8 Å². The van der Waals surface area contributed by atoms with Gasteiger partial charge in [0.05, 0.1) is 30.3 Å². The van der Waals surface area contributed by atoms with Crippen molar-refractivity contribution in [2.45, 2.75) is 69.2 Å². The number of thiophene rings is 1. The Hall–Kier alpha value is -3.19. The molecule has 4 aromatic rings. The lowest BCUT2D eigenvalue weighted by molar-refractivity contribution is 0.107. The van der Waals surface area contributed by atoms with Crippen LogP contribution in [0.2, 0.25) is 5.02 Å². The van der Waals surface area contributed by atoms with E-state index in [1.54, 1.807) is 14.2 Å². The Kier molecular flexibility index (Phi) is 7.54. The first-order chi connectivity index (χ1) is 22.4. The Morgan fingerprint density at radius 2 is 1.91 bits per heavy atom. The fourth-order valence-electron chi connectivity index (χ4n) is 8.48. The Morgan fingerprint density at radius 1 is 1.11 bits per heavy atom. The van der Waals surface area contributed by atoms with Gasteiger partial charge in [0.15, 0.2) is 11.6 Å². The number of nitrogens with two attached hydrogens (primary N) is 1. The molecular formula is C33H39ClFN7O3S. The van der Waals surface area contributed by atoms with Gasteiger partial charge in [0.25, 0.3) is 0 Å². The average Bonchev–Trinajstić information content (AvgIpc) is 3.75. The number of hydrogen-bond donors (Lipinski definition) is 2. The summed E-state index contributed by atoms with van der Waals surface area (Å²) in [5.41, 5.74) is 9.64. The molecule has 10 nitrogen and oxygen atoms in total. The second-order valence-electron chi connectivity index (χ2n) is 13.0. The molecule has 0 spiro atoms. The van der Waals surface area contributed by atoms with E-state index in [1.807, 2.05) is 12.1 Å². The second-order valence-corrected chi connectivity index (χ2v) is 14.5. The molecule has 3 N–H and O–H groups in total. The largest absolute Gasteiger partial charge is 0.494 e. The summed E-state index contributed by atoms with van der Waals surface area (Å²) >= 11 is 8.55. The highest BCUT2D eigenvalue weighted by Crippen LogP contribution is 2.51. The SMILES string of the molecule is CCc1c(N)sc2ccc(Cl)c(-c3c(OC)nc4c(N5C6CCC5CNC6)nc(OCC56CCCN5C[C@H](F)C6)nc4c3OC)c12. The van der Waals surface area contributed by atoms with Crippen LogP contribution in [0.4, 0.5) is 15.2 Å². The lowest BCUT2D eigenvalue weighted by Gasteiger charge is -2.37. The molecule has 0 aliphatic carbocycles. The third-order valence-corrected chi connectivity index (χ3v) is 11.8. The van der Waals surface area contributed by atoms with E-state index in [0.29, 0.717) is 58.6 Å². The van der Waals surface area contributed by atoms with Crippen molar-refractivity contribution in [3.63, 3.8) is 0 Å². The van der Waals surface area contributed by atoms with Crippen LogP contribution in [0.1, 0.15) is 44.6 Å². The number of aryl methyl sites for hydroxylation is 1. The number of halogens is 2. The number of anilines is 2. The van der Waals surface area contributed by atoms with Crippen LogP contribution in [0, 0.1) is 0 Å². The van der Waals surface area contributed by atoms with Gasteiger partial charge in [-0.2, -0.15) is 9.97 Å². The van der Waals surface area contributed by atoms with Crippen LogP contribution >= 0.6 is 22.9 Å². The van der Waals surface area contributed by atoms with Gasteiger partial charge in [0.2, 0.25) is 5.88 Å². The first-order valence-electron chi connectivity index (χ1n) is 16.2. The van der Waals surface area contributed by atoms with Crippen LogP contribution in [0.3, 0.4) is 0 Å². The number of nitrogen functional groups attached to an aromatic ring is 1. The smallest absolute Gasteiger partial charge is 0.319 e. The van der Waals surface area contributed by atoms with Crippen molar-refractivity contribution in [1.29, 1.82) is 0 Å². The summed E-state index contributed by atoms with van der Waals surface area (Å²) in [5, 5.41) is 5.81. The first-order valence-corrected chi connectivity index (χ1v) is 17.4. The molecule has 244 valence electrons. The predicted molar refractivity (Wildman–Crippen MR) is 181 cm³/mol. The molecular weight excluding hydrogens is 629 g/mol. The zero-order valence-electron chi connectivity index (χ0n) is 26.4. The highest BCUT2D eigenvalue weighted by atomic mass is 35.5. The summed E-state index contributed by atoms with van der Waals surface area (Å²) in [6.45, 7) is 5.47. The standard InChI is InChI=1S/C33H39ClFN7O3S/c1-4-20-23-22(46-29(20)36)9-8-21(34)24(23)25-28(43-2)26-27(38-31(25)44-3)30(42-18-6-7-19(42)14-37-13-18)40-32(39-26)45-16-33-10-5-11-41(33)15-17(35)12-33/h8-9,17-19,37H,4-7,10-16,36H2,1-3H3/t17-,18?,19?,33?/m1/s1. The first kappa shape index (κ1) is 30.2. The fraction of sp³-hybridized carbons (Fsp3) is 0.545. The van der Waals surface area contributed by atoms with Crippen molar-refractivity contribution < 1.29 is 18.6 Å². The van der Waals surface area contributed by atoms with Crippen molar-refractivity contribution in [3.05, 3.63) is 22.7 Å². The highest BCUT2D eigenvalue weighted by molar-refractivity contribution is 7.23. The summed E-state index contributed by atoms with van der Waals surface area (Å²) in [6.07, 6.45) is 4.39. The highest BCUT2D eigenvalue weighted by Gasteiger charge is 2.49. The maximum absolute atomic E-state index is 14.6. The number of pyridine rings is 1. The number of rotatable bonds is 8. The molecule has 4 fully saturated rings. The Labute approximate surface area is 276 Å². The summed E-state index contributed by atoms with van der Waals surface area (Å²) in [4.78, 5) is 19.8. The topological polar surface area (TPSA) is 111 Å². The van der Waals surface area contributed by atoms with Gasteiger partial charge in [-0.25, -0.2) is 9.37 Å². The van der Waals surface area contributed by atoms with Gasteiger partial charge in [0.1, 0.15) is 23.8 Å². The molecule has 4 saturated heterocycles. The van der Waals surface area contributed by atoms with Gasteiger partial charge < -0.3 is 30.2 Å². The molecule has 0 saturated carbocycles. The second kappa shape index (κ2) is 11.5. The summed E-state index contributed by atoms with van der Waals surface area (Å²) in [6, 6.07) is 4.63. The van der Waals surface area contributed by atoms with E-state index in [9.17, 15) is 4.39 Å². The molecule has 4 aliphatic rings. The maximum Gasteiger partial charge on any atom is 0.319 e. The minimum Gasteiger partial charge on any atom is -0.494 e. The van der Waals surface area contributed by atoms with Gasteiger partial charge in [-0.3, -0.25) is 4.90 Å². The number of fused-ring (bicyclic) bond motifs is 5. The predicted octanol–water partition coefficient (Wildman–Crippen LogP) is 5.62. The van der Waals surface area contributed by atoms with Crippen LogP contribution in [-0.4, -0.2) is 90.7 Å². The van der Waals surface area contributed by atoms with Gasteiger partial charge in [-0.15, -0.1) is 11.3 Å². The number of nitrogens with zero attached hydrogens (tertiary/aromatic N) is 5. The fourth-order valence-corrected chi connectivity index (χ4v) is 9.80. The number of piperazine rings is 1. The average molecular weight is 668 g/mol. The third-order valence-electron chi connectivity index (χ3n) is 10.5. The number of hydrogen-bond acceptors (Lipinski definition) is 11. The summed E-state index contributed by atoms with van der Waals surface area (Å²) < 4.78 is 34.3.